The van der Waals surface area contributed by atoms with Crippen molar-refractivity contribution in [3.05, 3.63) is 59.4 Å². The molecule has 2 aromatic rings. The minimum atomic E-state index is -0.425. The predicted octanol–water partition coefficient (Wildman–Crippen LogP) is 3.22. The minimum absolute atomic E-state index is 0. The fraction of sp³-hybridized carbons (Fsp3) is 0.353. The van der Waals surface area contributed by atoms with Crippen LogP contribution < -0.4 is 10.6 Å². The highest BCUT2D eigenvalue weighted by atomic mass is 127. The fourth-order valence-electron chi connectivity index (χ4n) is 2.22. The van der Waals surface area contributed by atoms with E-state index in [1.54, 1.807) is 0 Å². The number of hydrogen-bond donors (Lipinski definition) is 2. The summed E-state index contributed by atoms with van der Waals surface area (Å²) in [7, 11) is 1.96. The van der Waals surface area contributed by atoms with Crippen molar-refractivity contribution in [2.75, 3.05) is 13.1 Å². The van der Waals surface area contributed by atoms with Gasteiger partial charge in [-0.05, 0) is 48.7 Å². The minimum Gasteiger partial charge on any atom is -0.357 e. The van der Waals surface area contributed by atoms with Crippen LogP contribution in [0.5, 0.6) is 0 Å². The topological polar surface area (TPSA) is 41.4 Å². The summed E-state index contributed by atoms with van der Waals surface area (Å²) in [6.45, 7) is 3.74. The number of benzene rings is 1. The van der Waals surface area contributed by atoms with Crippen molar-refractivity contribution >= 4 is 29.9 Å². The quantitative estimate of drug-likeness (QED) is 0.405. The molecule has 0 saturated carbocycles. The first-order valence-corrected chi connectivity index (χ1v) is 7.65. The van der Waals surface area contributed by atoms with Crippen LogP contribution >= 0.6 is 24.0 Å². The molecule has 0 aliphatic carbocycles. The van der Waals surface area contributed by atoms with E-state index >= 15 is 0 Å². The third kappa shape index (κ3) is 6.46. The second-order valence-electron chi connectivity index (χ2n) is 5.29. The molecular formula is C17H23F2IN4. The average molecular weight is 448 g/mol. The molecular weight excluding hydrogens is 425 g/mol. The van der Waals surface area contributed by atoms with Gasteiger partial charge >= 0.3 is 0 Å². The predicted molar refractivity (Wildman–Crippen MR) is 104 cm³/mol. The van der Waals surface area contributed by atoms with Gasteiger partial charge in [0.2, 0.25) is 0 Å². The number of halogens is 3. The van der Waals surface area contributed by atoms with Crippen LogP contribution in [0.3, 0.4) is 0 Å². The van der Waals surface area contributed by atoms with E-state index in [1.807, 2.05) is 37.0 Å². The van der Waals surface area contributed by atoms with E-state index in [0.29, 0.717) is 31.0 Å². The lowest BCUT2D eigenvalue weighted by Gasteiger charge is -2.11. The van der Waals surface area contributed by atoms with E-state index < -0.39 is 5.82 Å². The summed E-state index contributed by atoms with van der Waals surface area (Å²) in [5, 5.41) is 6.27. The molecule has 2 N–H and O–H groups in total. The Labute approximate surface area is 158 Å². The number of aliphatic imine (C=N–C) groups is 1. The molecule has 7 heteroatoms. The first kappa shape index (κ1) is 20.4. The van der Waals surface area contributed by atoms with Crippen LogP contribution in [0.1, 0.15) is 18.1 Å². The third-order valence-corrected chi connectivity index (χ3v) is 3.35. The van der Waals surface area contributed by atoms with E-state index in [4.69, 9.17) is 0 Å². The molecule has 4 nitrogen and oxygen atoms in total. The van der Waals surface area contributed by atoms with E-state index in [1.165, 1.54) is 6.07 Å². The Bertz CT molecular complexity index is 670. The molecule has 0 saturated heterocycles. The molecule has 1 aromatic carbocycles. The van der Waals surface area contributed by atoms with Gasteiger partial charge in [0.25, 0.3) is 0 Å². The van der Waals surface area contributed by atoms with Crippen molar-refractivity contribution in [3.63, 3.8) is 0 Å². The number of guanidine groups is 1. The second-order valence-corrected chi connectivity index (χ2v) is 5.29. The van der Waals surface area contributed by atoms with Crippen LogP contribution in [0.4, 0.5) is 8.78 Å². The van der Waals surface area contributed by atoms with Gasteiger partial charge < -0.3 is 15.2 Å². The Morgan fingerprint density at radius 1 is 1.21 bits per heavy atom. The second kappa shape index (κ2) is 10.3. The fourth-order valence-corrected chi connectivity index (χ4v) is 2.22. The van der Waals surface area contributed by atoms with Crippen molar-refractivity contribution < 1.29 is 8.78 Å². The number of rotatable bonds is 6. The van der Waals surface area contributed by atoms with Crippen molar-refractivity contribution in [3.8, 4) is 0 Å². The lowest BCUT2D eigenvalue weighted by molar-refractivity contribution is 0.583. The maximum atomic E-state index is 13.6. The Kier molecular flexibility index (Phi) is 8.73. The zero-order valence-electron chi connectivity index (χ0n) is 13.9. The normalized spacial score (nSPS) is 11.1. The standard InChI is InChI=1S/C17H22F2N4.HI/c1-3-20-17(22-11-13-7-9-23(2)12-13)21-8-6-14-10-15(18)4-5-16(14)19;/h4-5,7,9-10,12H,3,6,8,11H2,1-2H3,(H2,20,21,22);1H. The van der Waals surface area contributed by atoms with E-state index in [9.17, 15) is 8.78 Å². The molecule has 0 fully saturated rings. The van der Waals surface area contributed by atoms with Gasteiger partial charge in [0.05, 0.1) is 6.54 Å². The van der Waals surface area contributed by atoms with Crippen LogP contribution in [-0.4, -0.2) is 23.6 Å². The lowest BCUT2D eigenvalue weighted by atomic mass is 10.1. The number of hydrogen-bond acceptors (Lipinski definition) is 1. The summed E-state index contributed by atoms with van der Waals surface area (Å²) in [4.78, 5) is 4.48. The maximum Gasteiger partial charge on any atom is 0.191 e. The first-order valence-electron chi connectivity index (χ1n) is 7.65. The molecule has 1 aromatic heterocycles. The molecule has 0 aliphatic heterocycles. The summed E-state index contributed by atoms with van der Waals surface area (Å²) >= 11 is 0. The molecule has 0 amide bonds. The molecule has 2 rings (SSSR count). The van der Waals surface area contributed by atoms with Crippen molar-refractivity contribution in [1.82, 2.24) is 15.2 Å². The van der Waals surface area contributed by atoms with Crippen molar-refractivity contribution in [2.45, 2.75) is 19.9 Å². The number of aromatic nitrogens is 1. The lowest BCUT2D eigenvalue weighted by Crippen LogP contribution is -2.38. The molecule has 0 spiro atoms. The summed E-state index contributed by atoms with van der Waals surface area (Å²) in [6, 6.07) is 5.51. The summed E-state index contributed by atoms with van der Waals surface area (Å²) in [5.74, 6) is -0.154. The molecule has 132 valence electrons. The highest BCUT2D eigenvalue weighted by Gasteiger charge is 2.04. The van der Waals surface area contributed by atoms with Gasteiger partial charge in [-0.1, -0.05) is 0 Å². The highest BCUT2D eigenvalue weighted by Crippen LogP contribution is 2.09. The van der Waals surface area contributed by atoms with Crippen LogP contribution in [0, 0.1) is 11.6 Å². The van der Waals surface area contributed by atoms with Gasteiger partial charge in [-0.15, -0.1) is 24.0 Å². The molecule has 24 heavy (non-hydrogen) atoms. The van der Waals surface area contributed by atoms with Gasteiger partial charge in [-0.25, -0.2) is 13.8 Å². The monoisotopic (exact) mass is 448 g/mol. The zero-order valence-corrected chi connectivity index (χ0v) is 16.2. The Balaban J connectivity index is 0.00000288. The largest absolute Gasteiger partial charge is 0.357 e. The van der Waals surface area contributed by atoms with Gasteiger partial charge in [-0.2, -0.15) is 0 Å². The number of aryl methyl sites for hydroxylation is 1. The van der Waals surface area contributed by atoms with Crippen LogP contribution in [0.15, 0.2) is 41.7 Å². The Morgan fingerprint density at radius 3 is 2.67 bits per heavy atom. The Morgan fingerprint density at radius 2 is 2.00 bits per heavy atom. The third-order valence-electron chi connectivity index (χ3n) is 3.35. The number of nitrogens with zero attached hydrogens (tertiary/aromatic N) is 2. The highest BCUT2D eigenvalue weighted by molar-refractivity contribution is 14.0. The average Bonchev–Trinajstić information content (AvgIpc) is 2.94. The van der Waals surface area contributed by atoms with Crippen LogP contribution in [0.25, 0.3) is 0 Å². The van der Waals surface area contributed by atoms with E-state index in [-0.39, 0.29) is 29.8 Å². The summed E-state index contributed by atoms with van der Waals surface area (Å²) in [5.41, 5.74) is 1.47. The number of nitrogens with one attached hydrogen (secondary N) is 2. The van der Waals surface area contributed by atoms with Gasteiger partial charge in [0.15, 0.2) is 5.96 Å². The van der Waals surface area contributed by atoms with Gasteiger partial charge in [0.1, 0.15) is 11.6 Å². The summed E-state index contributed by atoms with van der Waals surface area (Å²) < 4.78 is 28.7. The summed E-state index contributed by atoms with van der Waals surface area (Å²) in [6.07, 6.45) is 4.37. The molecule has 0 atom stereocenters. The van der Waals surface area contributed by atoms with Gasteiger partial charge in [0, 0.05) is 32.5 Å². The van der Waals surface area contributed by atoms with Crippen molar-refractivity contribution in [2.24, 2.45) is 12.0 Å². The SMILES string of the molecule is CCNC(=NCc1ccn(C)c1)NCCc1cc(F)ccc1F.I. The molecule has 0 unspecified atom stereocenters. The van der Waals surface area contributed by atoms with Gasteiger partial charge in [-0.3, -0.25) is 0 Å². The molecule has 1 heterocycles. The van der Waals surface area contributed by atoms with Crippen LogP contribution in [-0.2, 0) is 20.0 Å². The smallest absolute Gasteiger partial charge is 0.191 e. The maximum absolute atomic E-state index is 13.6. The van der Waals surface area contributed by atoms with Crippen molar-refractivity contribution in [1.29, 1.82) is 0 Å². The molecule has 0 aliphatic rings. The molecule has 0 bridgehead atoms. The Hall–Kier alpha value is -1.64. The molecule has 0 radical (unpaired) electrons. The van der Waals surface area contributed by atoms with E-state index in [0.717, 1.165) is 24.2 Å². The zero-order chi connectivity index (χ0) is 16.7. The van der Waals surface area contributed by atoms with E-state index in [2.05, 4.69) is 15.6 Å². The van der Waals surface area contributed by atoms with Crippen LogP contribution in [0.2, 0.25) is 0 Å². The first-order chi connectivity index (χ1) is 11.1.